The fraction of sp³-hybridized carbons (Fsp3) is 0.625. The van der Waals surface area contributed by atoms with Gasteiger partial charge in [0.1, 0.15) is 5.82 Å². The van der Waals surface area contributed by atoms with E-state index in [1.54, 1.807) is 6.07 Å². The number of rotatable bonds is 4. The highest BCUT2D eigenvalue weighted by Gasteiger charge is 2.39. The minimum Gasteiger partial charge on any atom is -0.366 e. The lowest BCUT2D eigenvalue weighted by atomic mass is 10.1. The van der Waals surface area contributed by atoms with Gasteiger partial charge in [-0.05, 0) is 49.7 Å². The van der Waals surface area contributed by atoms with Crippen LogP contribution >= 0.6 is 0 Å². The van der Waals surface area contributed by atoms with Crippen molar-refractivity contribution in [3.8, 4) is 0 Å². The molecule has 2 bridgehead atoms. The SMILES string of the molecule is Fc1cccc(CNC2CC2)c1N1CC2CCC1C2. The molecule has 2 nitrogen and oxygen atoms in total. The van der Waals surface area contributed by atoms with Crippen LogP contribution in [0.25, 0.3) is 0 Å². The van der Waals surface area contributed by atoms with Crippen LogP contribution in [0, 0.1) is 11.7 Å². The Kier molecular flexibility index (Phi) is 2.76. The maximum absolute atomic E-state index is 14.3. The van der Waals surface area contributed by atoms with Crippen molar-refractivity contribution in [2.24, 2.45) is 5.92 Å². The van der Waals surface area contributed by atoms with Crippen molar-refractivity contribution in [1.29, 1.82) is 0 Å². The second kappa shape index (κ2) is 4.48. The first-order valence-corrected chi connectivity index (χ1v) is 7.58. The Labute approximate surface area is 114 Å². The monoisotopic (exact) mass is 260 g/mol. The maximum atomic E-state index is 14.3. The number of nitrogens with zero attached hydrogens (tertiary/aromatic N) is 1. The zero-order valence-corrected chi connectivity index (χ0v) is 11.2. The van der Waals surface area contributed by atoms with Crippen LogP contribution in [0.15, 0.2) is 18.2 Å². The molecule has 1 aromatic carbocycles. The van der Waals surface area contributed by atoms with E-state index in [4.69, 9.17) is 0 Å². The molecule has 1 saturated heterocycles. The molecule has 2 unspecified atom stereocenters. The minimum atomic E-state index is -0.0392. The van der Waals surface area contributed by atoms with Crippen molar-refractivity contribution >= 4 is 5.69 Å². The molecule has 2 saturated carbocycles. The van der Waals surface area contributed by atoms with Gasteiger partial charge < -0.3 is 10.2 Å². The number of halogens is 1. The Hall–Kier alpha value is -1.09. The van der Waals surface area contributed by atoms with Crippen molar-refractivity contribution in [1.82, 2.24) is 5.32 Å². The van der Waals surface area contributed by atoms with Gasteiger partial charge in [-0.3, -0.25) is 0 Å². The molecule has 2 aliphatic carbocycles. The van der Waals surface area contributed by atoms with E-state index >= 15 is 0 Å². The lowest BCUT2D eigenvalue weighted by molar-refractivity contribution is 0.536. The molecule has 1 heterocycles. The van der Waals surface area contributed by atoms with Crippen molar-refractivity contribution in [3.63, 3.8) is 0 Å². The summed E-state index contributed by atoms with van der Waals surface area (Å²) >= 11 is 0. The summed E-state index contributed by atoms with van der Waals surface area (Å²) < 4.78 is 14.3. The number of benzene rings is 1. The number of anilines is 1. The number of para-hydroxylation sites is 1. The summed E-state index contributed by atoms with van der Waals surface area (Å²) in [6, 6.07) is 6.80. The first kappa shape index (κ1) is 11.7. The van der Waals surface area contributed by atoms with Crippen LogP contribution in [0.2, 0.25) is 0 Å². The van der Waals surface area contributed by atoms with Gasteiger partial charge in [-0.2, -0.15) is 0 Å². The van der Waals surface area contributed by atoms with Crippen LogP contribution in [0.1, 0.15) is 37.7 Å². The molecule has 1 aromatic rings. The summed E-state index contributed by atoms with van der Waals surface area (Å²) in [5.74, 6) is 0.761. The summed E-state index contributed by atoms with van der Waals surface area (Å²) in [4.78, 5) is 2.34. The van der Waals surface area contributed by atoms with Gasteiger partial charge in [0.2, 0.25) is 0 Å². The molecule has 4 rings (SSSR count). The molecule has 102 valence electrons. The lowest BCUT2D eigenvalue weighted by Gasteiger charge is -2.31. The molecule has 0 spiro atoms. The van der Waals surface area contributed by atoms with Gasteiger partial charge in [-0.25, -0.2) is 4.39 Å². The predicted octanol–water partition coefficient (Wildman–Crippen LogP) is 3.07. The average molecular weight is 260 g/mol. The quantitative estimate of drug-likeness (QED) is 0.895. The van der Waals surface area contributed by atoms with E-state index in [1.807, 2.05) is 6.07 Å². The van der Waals surface area contributed by atoms with Gasteiger partial charge in [-0.15, -0.1) is 0 Å². The van der Waals surface area contributed by atoms with Crippen LogP contribution in [0.4, 0.5) is 10.1 Å². The van der Waals surface area contributed by atoms with Gasteiger partial charge in [0.05, 0.1) is 5.69 Å². The van der Waals surface area contributed by atoms with Gasteiger partial charge in [-0.1, -0.05) is 12.1 Å². The van der Waals surface area contributed by atoms with E-state index in [-0.39, 0.29) is 5.82 Å². The Balaban J connectivity index is 1.61. The van der Waals surface area contributed by atoms with Gasteiger partial charge >= 0.3 is 0 Å². The van der Waals surface area contributed by atoms with Gasteiger partial charge in [0.25, 0.3) is 0 Å². The molecule has 3 fully saturated rings. The predicted molar refractivity (Wildman–Crippen MR) is 74.7 cm³/mol. The van der Waals surface area contributed by atoms with E-state index in [0.717, 1.165) is 30.3 Å². The van der Waals surface area contributed by atoms with Crippen LogP contribution in [-0.4, -0.2) is 18.6 Å². The number of piperidine rings is 1. The number of hydrogen-bond acceptors (Lipinski definition) is 2. The number of fused-ring (bicyclic) bond motifs is 2. The van der Waals surface area contributed by atoms with Crippen LogP contribution in [-0.2, 0) is 6.54 Å². The van der Waals surface area contributed by atoms with E-state index in [0.29, 0.717) is 12.1 Å². The highest BCUT2D eigenvalue weighted by atomic mass is 19.1. The molecular formula is C16H21FN2. The Morgan fingerprint density at radius 1 is 1.21 bits per heavy atom. The standard InChI is InChI=1S/C16H21FN2/c17-15-3-1-2-12(9-18-13-5-6-13)16(15)19-10-11-4-7-14(19)8-11/h1-3,11,13-14,18H,4-10H2. The number of hydrogen-bond donors (Lipinski definition) is 1. The van der Waals surface area contributed by atoms with Crippen LogP contribution in [0.3, 0.4) is 0 Å². The van der Waals surface area contributed by atoms with Crippen molar-refractivity contribution in [3.05, 3.63) is 29.6 Å². The fourth-order valence-corrected chi connectivity index (χ4v) is 3.76. The molecule has 0 radical (unpaired) electrons. The molecule has 1 N–H and O–H groups in total. The summed E-state index contributed by atoms with van der Waals surface area (Å²) in [7, 11) is 0. The first-order valence-electron chi connectivity index (χ1n) is 7.58. The van der Waals surface area contributed by atoms with Crippen LogP contribution in [0.5, 0.6) is 0 Å². The Morgan fingerprint density at radius 2 is 2.11 bits per heavy atom. The van der Waals surface area contributed by atoms with E-state index in [2.05, 4.69) is 16.3 Å². The Morgan fingerprint density at radius 3 is 2.79 bits per heavy atom. The van der Waals surface area contributed by atoms with Crippen molar-refractivity contribution < 1.29 is 4.39 Å². The van der Waals surface area contributed by atoms with Crippen molar-refractivity contribution in [2.45, 2.75) is 50.7 Å². The second-order valence-corrected chi connectivity index (χ2v) is 6.39. The smallest absolute Gasteiger partial charge is 0.146 e. The highest BCUT2D eigenvalue weighted by Crippen LogP contribution is 2.42. The second-order valence-electron chi connectivity index (χ2n) is 6.39. The summed E-state index contributed by atoms with van der Waals surface area (Å²) in [5, 5.41) is 3.51. The third-order valence-corrected chi connectivity index (χ3v) is 4.93. The molecule has 3 aliphatic rings. The summed E-state index contributed by atoms with van der Waals surface area (Å²) in [5.41, 5.74) is 2.02. The summed E-state index contributed by atoms with van der Waals surface area (Å²) in [6.45, 7) is 1.87. The largest absolute Gasteiger partial charge is 0.366 e. The normalized spacial score (nSPS) is 29.2. The first-order chi connectivity index (χ1) is 9.31. The Bertz CT molecular complexity index is 484. The molecular weight excluding hydrogens is 239 g/mol. The van der Waals surface area contributed by atoms with Gasteiger partial charge in [0, 0.05) is 25.2 Å². The van der Waals surface area contributed by atoms with Crippen LogP contribution < -0.4 is 10.2 Å². The zero-order chi connectivity index (χ0) is 12.8. The van der Waals surface area contributed by atoms with E-state index < -0.39 is 0 Å². The molecule has 2 atom stereocenters. The fourth-order valence-electron chi connectivity index (χ4n) is 3.76. The molecule has 19 heavy (non-hydrogen) atoms. The minimum absolute atomic E-state index is 0.0392. The lowest BCUT2D eigenvalue weighted by Crippen LogP contribution is -2.34. The van der Waals surface area contributed by atoms with Gasteiger partial charge in [0.15, 0.2) is 0 Å². The molecule has 0 amide bonds. The third kappa shape index (κ3) is 2.14. The highest BCUT2D eigenvalue weighted by molar-refractivity contribution is 5.57. The van der Waals surface area contributed by atoms with Crippen molar-refractivity contribution in [2.75, 3.05) is 11.4 Å². The van der Waals surface area contributed by atoms with E-state index in [9.17, 15) is 4.39 Å². The summed E-state index contributed by atoms with van der Waals surface area (Å²) in [6.07, 6.45) is 6.40. The topological polar surface area (TPSA) is 15.3 Å². The number of nitrogens with one attached hydrogen (secondary N) is 1. The molecule has 0 aromatic heterocycles. The maximum Gasteiger partial charge on any atom is 0.146 e. The molecule has 1 aliphatic heterocycles. The van der Waals surface area contributed by atoms with E-state index in [1.165, 1.54) is 32.1 Å². The third-order valence-electron chi connectivity index (χ3n) is 4.93. The zero-order valence-electron chi connectivity index (χ0n) is 11.2. The average Bonchev–Trinajstić information content (AvgIpc) is 3.01. The molecule has 3 heteroatoms.